The summed E-state index contributed by atoms with van der Waals surface area (Å²) in [6, 6.07) is 1.99. The highest BCUT2D eigenvalue weighted by molar-refractivity contribution is 7.91. The van der Waals surface area contributed by atoms with Crippen molar-refractivity contribution in [2.75, 3.05) is 24.6 Å². The minimum atomic E-state index is -2.96. The van der Waals surface area contributed by atoms with E-state index >= 15 is 0 Å². The number of hydrogen-bond acceptors (Lipinski definition) is 5. The van der Waals surface area contributed by atoms with E-state index in [1.54, 1.807) is 6.20 Å². The molecule has 7 nitrogen and oxygen atoms in total. The predicted octanol–water partition coefficient (Wildman–Crippen LogP) is 0.0409. The summed E-state index contributed by atoms with van der Waals surface area (Å²) in [5.74, 6) is 0.193. The second-order valence-corrected chi connectivity index (χ2v) is 8.74. The largest absolute Gasteiger partial charge is 0.351 e. The minimum Gasteiger partial charge on any atom is -0.351 e. The molecule has 23 heavy (non-hydrogen) atoms. The maximum absolute atomic E-state index is 12.3. The summed E-state index contributed by atoms with van der Waals surface area (Å²) in [5, 5.41) is 7.12. The smallest absolute Gasteiger partial charge is 0.234 e. The van der Waals surface area contributed by atoms with Crippen LogP contribution >= 0.6 is 0 Å². The molecular weight excluding hydrogens is 316 g/mol. The maximum atomic E-state index is 12.3. The Morgan fingerprint density at radius 3 is 2.87 bits per heavy atom. The van der Waals surface area contributed by atoms with Gasteiger partial charge in [0.15, 0.2) is 9.84 Å². The van der Waals surface area contributed by atoms with Crippen molar-refractivity contribution in [3.05, 3.63) is 18.5 Å². The molecule has 0 aromatic carbocycles. The molecule has 3 heterocycles. The van der Waals surface area contributed by atoms with Crippen LogP contribution in [0.4, 0.5) is 0 Å². The molecule has 0 aliphatic carbocycles. The minimum absolute atomic E-state index is 0.0699. The quantitative estimate of drug-likeness (QED) is 0.818. The SMILES string of the molecule is O=C(CN1CCCC[C@H]1Cn1cccn1)N[C@H]1CCS(=O)(=O)C1. The Kier molecular flexibility index (Phi) is 5.01. The van der Waals surface area contributed by atoms with Gasteiger partial charge < -0.3 is 5.32 Å². The lowest BCUT2D eigenvalue weighted by atomic mass is 10.0. The van der Waals surface area contributed by atoms with Gasteiger partial charge in [-0.05, 0) is 31.9 Å². The van der Waals surface area contributed by atoms with E-state index in [0.717, 1.165) is 25.9 Å². The van der Waals surface area contributed by atoms with Crippen LogP contribution in [0.1, 0.15) is 25.7 Å². The molecule has 0 radical (unpaired) electrons. The van der Waals surface area contributed by atoms with Crippen LogP contribution < -0.4 is 5.32 Å². The van der Waals surface area contributed by atoms with Crippen molar-refractivity contribution in [1.29, 1.82) is 0 Å². The number of sulfone groups is 1. The Bertz CT molecular complexity index is 629. The molecule has 2 aliphatic rings. The molecule has 3 rings (SSSR count). The van der Waals surface area contributed by atoms with Crippen LogP contribution in [-0.2, 0) is 21.2 Å². The Balaban J connectivity index is 1.53. The van der Waals surface area contributed by atoms with Crippen LogP contribution in [-0.4, -0.2) is 65.7 Å². The van der Waals surface area contributed by atoms with Gasteiger partial charge in [-0.3, -0.25) is 14.4 Å². The molecule has 128 valence electrons. The molecule has 2 aliphatic heterocycles. The lowest BCUT2D eigenvalue weighted by Gasteiger charge is -2.35. The highest BCUT2D eigenvalue weighted by Gasteiger charge is 2.30. The first-order valence-electron chi connectivity index (χ1n) is 8.23. The summed E-state index contributed by atoms with van der Waals surface area (Å²) in [4.78, 5) is 14.5. The number of hydrogen-bond donors (Lipinski definition) is 1. The van der Waals surface area contributed by atoms with Gasteiger partial charge >= 0.3 is 0 Å². The number of piperidine rings is 1. The number of likely N-dealkylation sites (tertiary alicyclic amines) is 1. The Labute approximate surface area is 137 Å². The van der Waals surface area contributed by atoms with Gasteiger partial charge in [-0.1, -0.05) is 6.42 Å². The van der Waals surface area contributed by atoms with Gasteiger partial charge in [0.1, 0.15) is 0 Å². The lowest BCUT2D eigenvalue weighted by molar-refractivity contribution is -0.123. The van der Waals surface area contributed by atoms with Crippen molar-refractivity contribution >= 4 is 15.7 Å². The van der Waals surface area contributed by atoms with Gasteiger partial charge in [0.05, 0.1) is 24.6 Å². The van der Waals surface area contributed by atoms with Gasteiger partial charge in [-0.2, -0.15) is 5.10 Å². The molecule has 1 aromatic heterocycles. The number of nitrogens with zero attached hydrogens (tertiary/aromatic N) is 3. The summed E-state index contributed by atoms with van der Waals surface area (Å²) in [5.41, 5.74) is 0. The average Bonchev–Trinajstić information content (AvgIpc) is 3.10. The standard InChI is InChI=1S/C15H24N4O3S/c20-15(17-13-5-9-23(21,22)12-13)11-18-7-2-1-4-14(18)10-19-8-3-6-16-19/h3,6,8,13-14H,1-2,4-5,7,9-12H2,(H,17,20)/t13-,14-/m0/s1. The number of nitrogens with one attached hydrogen (secondary N) is 1. The molecule has 2 fully saturated rings. The van der Waals surface area contributed by atoms with Crippen LogP contribution in [0.25, 0.3) is 0 Å². The fourth-order valence-corrected chi connectivity index (χ4v) is 5.14. The third kappa shape index (κ3) is 4.54. The second-order valence-electron chi connectivity index (χ2n) is 6.52. The lowest BCUT2D eigenvalue weighted by Crippen LogP contribution is -2.49. The van der Waals surface area contributed by atoms with E-state index in [-0.39, 0.29) is 23.5 Å². The molecule has 0 spiro atoms. The van der Waals surface area contributed by atoms with Crippen LogP contribution in [0.2, 0.25) is 0 Å². The van der Waals surface area contributed by atoms with Crippen LogP contribution in [0.5, 0.6) is 0 Å². The Hall–Kier alpha value is -1.41. The van der Waals surface area contributed by atoms with Crippen molar-refractivity contribution in [3.63, 3.8) is 0 Å². The second kappa shape index (κ2) is 7.00. The van der Waals surface area contributed by atoms with Gasteiger partial charge in [-0.25, -0.2) is 8.42 Å². The molecule has 2 atom stereocenters. The van der Waals surface area contributed by atoms with Crippen molar-refractivity contribution in [2.45, 2.75) is 44.3 Å². The monoisotopic (exact) mass is 340 g/mol. The van der Waals surface area contributed by atoms with Gasteiger partial charge in [0, 0.05) is 24.5 Å². The molecule has 1 N–H and O–H groups in total. The zero-order valence-corrected chi connectivity index (χ0v) is 14.0. The molecule has 1 aromatic rings. The summed E-state index contributed by atoms with van der Waals surface area (Å²) in [6.07, 6.45) is 7.57. The van der Waals surface area contributed by atoms with E-state index in [4.69, 9.17) is 0 Å². The zero-order valence-electron chi connectivity index (χ0n) is 13.2. The van der Waals surface area contributed by atoms with E-state index in [1.807, 2.05) is 16.9 Å². The number of aromatic nitrogens is 2. The summed E-state index contributed by atoms with van der Waals surface area (Å²) in [7, 11) is -2.96. The molecular formula is C15H24N4O3S. The molecule has 2 saturated heterocycles. The highest BCUT2D eigenvalue weighted by atomic mass is 32.2. The first kappa shape index (κ1) is 16.4. The highest BCUT2D eigenvalue weighted by Crippen LogP contribution is 2.18. The van der Waals surface area contributed by atoms with E-state index in [9.17, 15) is 13.2 Å². The van der Waals surface area contributed by atoms with Crippen molar-refractivity contribution in [3.8, 4) is 0 Å². The number of carbonyl (C=O) groups excluding carboxylic acids is 1. The summed E-state index contributed by atoms with van der Waals surface area (Å²) >= 11 is 0. The molecule has 0 saturated carbocycles. The average molecular weight is 340 g/mol. The van der Waals surface area contributed by atoms with E-state index < -0.39 is 9.84 Å². The first-order valence-corrected chi connectivity index (χ1v) is 10.1. The fourth-order valence-electron chi connectivity index (χ4n) is 3.47. The van der Waals surface area contributed by atoms with Gasteiger partial charge in [-0.15, -0.1) is 0 Å². The molecule has 0 unspecified atom stereocenters. The van der Waals surface area contributed by atoms with E-state index in [2.05, 4.69) is 15.3 Å². The van der Waals surface area contributed by atoms with Gasteiger partial charge in [0.2, 0.25) is 5.91 Å². The molecule has 8 heteroatoms. The molecule has 0 bridgehead atoms. The van der Waals surface area contributed by atoms with Crippen LogP contribution in [0, 0.1) is 0 Å². The van der Waals surface area contributed by atoms with Crippen molar-refractivity contribution in [2.24, 2.45) is 0 Å². The number of carbonyl (C=O) groups is 1. The van der Waals surface area contributed by atoms with Gasteiger partial charge in [0.25, 0.3) is 0 Å². The fraction of sp³-hybridized carbons (Fsp3) is 0.733. The van der Waals surface area contributed by atoms with E-state index in [0.29, 0.717) is 19.0 Å². The number of rotatable bonds is 5. The van der Waals surface area contributed by atoms with Crippen molar-refractivity contribution in [1.82, 2.24) is 20.0 Å². The Morgan fingerprint density at radius 1 is 1.30 bits per heavy atom. The summed E-state index contributed by atoms with van der Waals surface area (Å²) < 4.78 is 24.8. The first-order chi connectivity index (χ1) is 11.0. The topological polar surface area (TPSA) is 84.3 Å². The molecule has 1 amide bonds. The van der Waals surface area contributed by atoms with Crippen molar-refractivity contribution < 1.29 is 13.2 Å². The van der Waals surface area contributed by atoms with E-state index in [1.165, 1.54) is 6.42 Å². The normalized spacial score (nSPS) is 27.8. The van der Waals surface area contributed by atoms with Crippen LogP contribution in [0.15, 0.2) is 18.5 Å². The summed E-state index contributed by atoms with van der Waals surface area (Å²) in [6.45, 7) is 2.03. The third-order valence-electron chi connectivity index (χ3n) is 4.65. The predicted molar refractivity (Wildman–Crippen MR) is 86.6 cm³/mol. The van der Waals surface area contributed by atoms with Crippen LogP contribution in [0.3, 0.4) is 0 Å². The third-order valence-corrected chi connectivity index (χ3v) is 6.42. The zero-order chi connectivity index (χ0) is 16.3. The maximum Gasteiger partial charge on any atom is 0.234 e. The number of amides is 1. The Morgan fingerprint density at radius 2 is 2.17 bits per heavy atom.